The van der Waals surface area contributed by atoms with Gasteiger partial charge < -0.3 is 25.3 Å². The predicted octanol–water partition coefficient (Wildman–Crippen LogP) is 3.90. The number of hydrogen-bond acceptors (Lipinski definition) is 7. The fourth-order valence-corrected chi connectivity index (χ4v) is 5.50. The lowest BCUT2D eigenvalue weighted by Crippen LogP contribution is -2.61. The number of alkyl halides is 6. The van der Waals surface area contributed by atoms with E-state index >= 15 is 0 Å². The highest BCUT2D eigenvalue weighted by molar-refractivity contribution is 5.80. The lowest BCUT2D eigenvalue weighted by atomic mass is 9.84. The van der Waals surface area contributed by atoms with Crippen molar-refractivity contribution in [3.63, 3.8) is 0 Å². The minimum atomic E-state index is -5.01. The first-order chi connectivity index (χ1) is 18.6. The van der Waals surface area contributed by atoms with E-state index in [1.807, 2.05) is 0 Å². The first kappa shape index (κ1) is 29.9. The second kappa shape index (κ2) is 10.7. The van der Waals surface area contributed by atoms with Gasteiger partial charge in [0.25, 0.3) is 0 Å². The summed E-state index contributed by atoms with van der Waals surface area (Å²) in [5, 5.41) is 2.91. The smallest absolute Gasteiger partial charge is 0.416 e. The van der Waals surface area contributed by atoms with Gasteiger partial charge in [-0.1, -0.05) is 0 Å². The average Bonchev–Trinajstić information content (AvgIpc) is 3.46. The van der Waals surface area contributed by atoms with Gasteiger partial charge in [-0.15, -0.1) is 0 Å². The van der Waals surface area contributed by atoms with Crippen LogP contribution in [0.5, 0.6) is 0 Å². The van der Waals surface area contributed by atoms with Crippen molar-refractivity contribution in [3.05, 3.63) is 34.9 Å². The number of amides is 2. The zero-order valence-corrected chi connectivity index (χ0v) is 21.5. The number of likely N-dealkylation sites (tertiary alicyclic amines) is 1. The lowest BCUT2D eigenvalue weighted by molar-refractivity contribution is -0.153. The van der Waals surface area contributed by atoms with Crippen molar-refractivity contribution in [1.29, 1.82) is 0 Å². The van der Waals surface area contributed by atoms with Gasteiger partial charge in [0.15, 0.2) is 0 Å². The quantitative estimate of drug-likeness (QED) is 0.272. The Hall–Kier alpha value is -3.07. The molecule has 1 aromatic carbocycles. The number of halogens is 6. The molecule has 15 heteroatoms. The van der Waals surface area contributed by atoms with Crippen molar-refractivity contribution in [1.82, 2.24) is 10.2 Å². The minimum Gasteiger partial charge on any atom is -0.428 e. The number of esters is 1. The molecule has 1 spiro atoms. The molecule has 3 aliphatic rings. The van der Waals surface area contributed by atoms with Crippen LogP contribution in [0.1, 0.15) is 61.8 Å². The number of piperidine rings is 1. The van der Waals surface area contributed by atoms with Crippen LogP contribution in [0, 0.1) is 5.92 Å². The zero-order valence-electron chi connectivity index (χ0n) is 21.5. The normalized spacial score (nSPS) is 26.8. The van der Waals surface area contributed by atoms with E-state index in [9.17, 15) is 40.7 Å². The summed E-state index contributed by atoms with van der Waals surface area (Å²) in [5.41, 5.74) is 0.376. The molecule has 3 N–H and O–H groups in total. The van der Waals surface area contributed by atoms with Crippen LogP contribution in [0.25, 0.3) is 0 Å². The number of hydrogen-bond donors (Lipinski definition) is 2. The molecule has 1 saturated carbocycles. The Balaban J connectivity index is 1.51. The summed E-state index contributed by atoms with van der Waals surface area (Å²) in [4.78, 5) is 38.0. The Kier molecular flexibility index (Phi) is 8.02. The summed E-state index contributed by atoms with van der Waals surface area (Å²) in [6, 6.07) is 1.25. The highest BCUT2D eigenvalue weighted by Crippen LogP contribution is 2.58. The van der Waals surface area contributed by atoms with Gasteiger partial charge in [0.2, 0.25) is 12.7 Å². The maximum Gasteiger partial charge on any atom is 0.416 e. The van der Waals surface area contributed by atoms with E-state index in [0.29, 0.717) is 31.4 Å². The van der Waals surface area contributed by atoms with Gasteiger partial charge in [-0.05, 0) is 55.9 Å². The Bertz CT molecular complexity index is 1130. The predicted molar refractivity (Wildman–Crippen MR) is 124 cm³/mol. The van der Waals surface area contributed by atoms with Gasteiger partial charge in [-0.25, -0.2) is 4.79 Å². The van der Waals surface area contributed by atoms with Crippen molar-refractivity contribution >= 4 is 18.0 Å². The molecule has 222 valence electrons. The maximum absolute atomic E-state index is 13.3. The number of nitrogens with one attached hydrogen (secondary N) is 1. The van der Waals surface area contributed by atoms with E-state index in [1.54, 1.807) is 0 Å². The van der Waals surface area contributed by atoms with Crippen LogP contribution in [0.4, 0.5) is 31.1 Å². The first-order valence-corrected chi connectivity index (χ1v) is 12.6. The molecular weight excluding hydrogens is 552 g/mol. The molecule has 1 aliphatic carbocycles. The summed E-state index contributed by atoms with van der Waals surface area (Å²) >= 11 is 0. The zero-order chi connectivity index (χ0) is 29.5. The number of fused-ring (bicyclic) bond motifs is 1. The fourth-order valence-electron chi connectivity index (χ4n) is 5.50. The van der Waals surface area contributed by atoms with Crippen molar-refractivity contribution in [3.8, 4) is 0 Å². The van der Waals surface area contributed by atoms with Gasteiger partial charge in [0.05, 0.1) is 41.3 Å². The summed E-state index contributed by atoms with van der Waals surface area (Å²) in [6.45, 7) is 0.519. The van der Waals surface area contributed by atoms with E-state index in [2.05, 4.69) is 5.32 Å². The Morgan fingerprint density at radius 1 is 1.10 bits per heavy atom. The van der Waals surface area contributed by atoms with Crippen LogP contribution in [0.15, 0.2) is 18.2 Å². The van der Waals surface area contributed by atoms with Crippen LogP contribution in [0.3, 0.4) is 0 Å². The molecule has 1 aromatic rings. The number of nitrogens with zero attached hydrogens (tertiary/aromatic N) is 1. The SMILES string of the molecule is C[C@@H](OC[C@@]12CC1C[C@]1(CCC(=O)N1)CN2C(=O)OCOC(=O)CCN)c1cc(C(F)(F)F)cc(C(F)(F)F)c1. The van der Waals surface area contributed by atoms with Crippen LogP contribution in [-0.4, -0.2) is 60.4 Å². The third-order valence-electron chi connectivity index (χ3n) is 7.70. The Morgan fingerprint density at radius 3 is 2.30 bits per heavy atom. The van der Waals surface area contributed by atoms with Gasteiger partial charge >= 0.3 is 24.4 Å². The second-order valence-corrected chi connectivity index (χ2v) is 10.5. The number of carbonyl (C=O) groups is 3. The van der Waals surface area contributed by atoms with Crippen LogP contribution < -0.4 is 11.1 Å². The molecule has 2 saturated heterocycles. The van der Waals surface area contributed by atoms with Crippen LogP contribution >= 0.6 is 0 Å². The molecular formula is C25H29F6N3O6. The summed E-state index contributed by atoms with van der Waals surface area (Å²) < 4.78 is 95.7. The third kappa shape index (κ3) is 6.29. The number of nitrogens with two attached hydrogens (primary N) is 1. The van der Waals surface area contributed by atoms with E-state index in [4.69, 9.17) is 19.9 Å². The molecule has 2 heterocycles. The molecule has 2 amide bonds. The largest absolute Gasteiger partial charge is 0.428 e. The summed E-state index contributed by atoms with van der Waals surface area (Å²) in [5.74, 6) is -1.03. The number of carbonyl (C=O) groups excluding carboxylic acids is 3. The van der Waals surface area contributed by atoms with Crippen molar-refractivity contribution in [2.45, 2.75) is 68.6 Å². The minimum absolute atomic E-state index is 0.0395. The molecule has 0 bridgehead atoms. The highest BCUT2D eigenvalue weighted by Gasteiger charge is 2.67. The molecule has 3 fully saturated rings. The Labute approximate surface area is 225 Å². The van der Waals surface area contributed by atoms with E-state index in [-0.39, 0.29) is 56.0 Å². The van der Waals surface area contributed by atoms with E-state index in [0.717, 1.165) is 0 Å². The summed E-state index contributed by atoms with van der Waals surface area (Å²) in [7, 11) is 0. The van der Waals surface area contributed by atoms with Gasteiger partial charge in [0.1, 0.15) is 0 Å². The molecule has 2 aliphatic heterocycles. The molecule has 1 unspecified atom stereocenters. The van der Waals surface area contributed by atoms with Crippen LogP contribution in [-0.2, 0) is 36.2 Å². The molecule has 9 nitrogen and oxygen atoms in total. The first-order valence-electron chi connectivity index (χ1n) is 12.6. The van der Waals surface area contributed by atoms with Crippen molar-refractivity contribution < 1.29 is 54.9 Å². The Morgan fingerprint density at radius 2 is 1.75 bits per heavy atom. The van der Waals surface area contributed by atoms with Crippen molar-refractivity contribution in [2.75, 3.05) is 26.5 Å². The van der Waals surface area contributed by atoms with Gasteiger partial charge in [-0.2, -0.15) is 26.3 Å². The van der Waals surface area contributed by atoms with Gasteiger partial charge in [-0.3, -0.25) is 14.5 Å². The number of rotatable bonds is 8. The van der Waals surface area contributed by atoms with E-state index < -0.39 is 59.5 Å². The molecule has 4 rings (SSSR count). The van der Waals surface area contributed by atoms with Crippen molar-refractivity contribution in [2.24, 2.45) is 11.7 Å². The number of ether oxygens (including phenoxy) is 3. The lowest BCUT2D eigenvalue weighted by Gasteiger charge is -2.44. The molecule has 0 radical (unpaired) electrons. The van der Waals surface area contributed by atoms with Crippen LogP contribution in [0.2, 0.25) is 0 Å². The molecule has 40 heavy (non-hydrogen) atoms. The van der Waals surface area contributed by atoms with E-state index in [1.165, 1.54) is 11.8 Å². The molecule has 4 atom stereocenters. The highest BCUT2D eigenvalue weighted by atomic mass is 19.4. The van der Waals surface area contributed by atoms with Gasteiger partial charge in [0, 0.05) is 19.5 Å². The second-order valence-electron chi connectivity index (χ2n) is 10.5. The topological polar surface area (TPSA) is 120 Å². The molecule has 0 aromatic heterocycles. The average molecular weight is 582 g/mol. The third-order valence-corrected chi connectivity index (χ3v) is 7.70. The number of benzene rings is 1. The summed E-state index contributed by atoms with van der Waals surface area (Å²) in [6.07, 6.45) is -10.5. The fraction of sp³-hybridized carbons (Fsp3) is 0.640. The standard InChI is InChI=1S/C25H29F6N3O6/c1-14(15-6-16(24(26,27)28)8-17(7-15)25(29,30)31)38-12-23-10-18(23)9-22(4-2-19(35)33-22)11-34(23)21(37)40-13-39-20(36)3-5-32/h6-8,14,18H,2-5,9-13,32H2,1H3,(H,33,35)/t14-,18?,22-,23+/m1/s1. The maximum atomic E-state index is 13.3. The monoisotopic (exact) mass is 581 g/mol.